The summed E-state index contributed by atoms with van der Waals surface area (Å²) in [6, 6.07) is 5.13. The zero-order valence-electron chi connectivity index (χ0n) is 16.4. The molecule has 9 nitrogen and oxygen atoms in total. The Morgan fingerprint density at radius 1 is 1.29 bits per heavy atom. The van der Waals surface area contributed by atoms with E-state index in [0.717, 1.165) is 6.07 Å². The lowest BCUT2D eigenvalue weighted by Crippen LogP contribution is -2.53. The molecule has 1 saturated heterocycles. The fraction of sp³-hybridized carbons (Fsp3) is 0.200. The highest BCUT2D eigenvalue weighted by Gasteiger charge is 2.35. The maximum Gasteiger partial charge on any atom is 0.310 e. The van der Waals surface area contributed by atoms with E-state index in [9.17, 15) is 18.4 Å². The van der Waals surface area contributed by atoms with E-state index in [2.05, 4.69) is 10.6 Å². The van der Waals surface area contributed by atoms with Crippen LogP contribution in [0.3, 0.4) is 0 Å². The number of carbonyl (C=O) groups is 2. The normalized spacial score (nSPS) is 13.3. The van der Waals surface area contributed by atoms with Crippen molar-refractivity contribution in [3.8, 4) is 0 Å². The number of carboxylic acid groups (broad SMARTS) is 1. The number of nitrogen functional groups attached to an aromatic ring is 1. The minimum absolute atomic E-state index is 0.0204. The van der Waals surface area contributed by atoms with Gasteiger partial charge in [0.15, 0.2) is 0 Å². The molecule has 31 heavy (non-hydrogen) atoms. The number of amidine groups is 1. The number of hydrogen-bond acceptors (Lipinski definition) is 6. The molecule has 0 spiro atoms. The number of nitrogens with zero attached hydrogens (tertiary/aromatic N) is 1. The molecular weight excluding hydrogens is 410 g/mol. The first-order valence-electron chi connectivity index (χ1n) is 9.15. The molecule has 2 aromatic rings. The van der Waals surface area contributed by atoms with E-state index < -0.39 is 35.0 Å². The fourth-order valence-electron chi connectivity index (χ4n) is 3.21. The van der Waals surface area contributed by atoms with Gasteiger partial charge in [-0.05, 0) is 24.3 Å². The lowest BCUT2D eigenvalue weighted by Gasteiger charge is -2.38. The molecule has 0 aromatic heterocycles. The Morgan fingerprint density at radius 3 is 2.55 bits per heavy atom. The zero-order chi connectivity index (χ0) is 22.9. The Labute approximate surface area is 175 Å². The second-order valence-electron chi connectivity index (χ2n) is 6.95. The van der Waals surface area contributed by atoms with Gasteiger partial charge in [-0.3, -0.25) is 15.0 Å². The van der Waals surface area contributed by atoms with Crippen LogP contribution in [0.1, 0.15) is 21.5 Å². The predicted octanol–water partition coefficient (Wildman–Crippen LogP) is 2.18. The first-order chi connectivity index (χ1) is 14.7. The van der Waals surface area contributed by atoms with Gasteiger partial charge in [0.2, 0.25) is 0 Å². The molecule has 0 unspecified atom stereocenters. The molecular formula is C20H20F2N6O3. The molecule has 0 saturated carbocycles. The maximum absolute atomic E-state index is 14.7. The van der Waals surface area contributed by atoms with Crippen molar-refractivity contribution < 1.29 is 23.5 Å². The van der Waals surface area contributed by atoms with Gasteiger partial charge < -0.3 is 31.8 Å². The van der Waals surface area contributed by atoms with Crippen molar-refractivity contribution in [2.24, 2.45) is 5.92 Å². The van der Waals surface area contributed by atoms with Gasteiger partial charge in [0.1, 0.15) is 23.0 Å². The molecule has 0 radical (unpaired) electrons. The molecule has 7 N–H and O–H groups in total. The first kappa shape index (κ1) is 21.7. The van der Waals surface area contributed by atoms with Gasteiger partial charge in [-0.2, -0.15) is 0 Å². The summed E-state index contributed by atoms with van der Waals surface area (Å²) in [5.41, 5.74) is 5.44. The van der Waals surface area contributed by atoms with Crippen molar-refractivity contribution in [2.45, 2.75) is 0 Å². The summed E-state index contributed by atoms with van der Waals surface area (Å²) in [6.45, 7) is 0.315. The van der Waals surface area contributed by atoms with Gasteiger partial charge >= 0.3 is 5.97 Å². The molecule has 1 aliphatic heterocycles. The van der Waals surface area contributed by atoms with Gasteiger partial charge in [-0.1, -0.05) is 0 Å². The van der Waals surface area contributed by atoms with Crippen LogP contribution in [-0.4, -0.2) is 54.1 Å². The molecule has 2 aromatic carbocycles. The summed E-state index contributed by atoms with van der Waals surface area (Å²) in [5.74, 6) is -4.89. The quantitative estimate of drug-likeness (QED) is 0.234. The number of benzene rings is 2. The van der Waals surface area contributed by atoms with Crippen LogP contribution in [0.2, 0.25) is 0 Å². The van der Waals surface area contributed by atoms with Crippen LogP contribution in [-0.2, 0) is 4.79 Å². The second kappa shape index (κ2) is 8.38. The van der Waals surface area contributed by atoms with Crippen molar-refractivity contribution in [2.75, 3.05) is 36.5 Å². The van der Waals surface area contributed by atoms with Gasteiger partial charge in [-0.15, -0.1) is 0 Å². The molecule has 11 heteroatoms. The van der Waals surface area contributed by atoms with Crippen LogP contribution in [0.4, 0.5) is 25.8 Å². The van der Waals surface area contributed by atoms with Crippen LogP contribution in [0.25, 0.3) is 0 Å². The maximum atomic E-state index is 14.7. The molecule has 1 heterocycles. The summed E-state index contributed by atoms with van der Waals surface area (Å²) >= 11 is 0. The van der Waals surface area contributed by atoms with Crippen molar-refractivity contribution in [3.05, 3.63) is 52.6 Å². The van der Waals surface area contributed by atoms with E-state index in [-0.39, 0.29) is 47.1 Å². The number of hydrogen-bond donors (Lipinski definition) is 6. The first-order valence-corrected chi connectivity index (χ1v) is 9.15. The van der Waals surface area contributed by atoms with Gasteiger partial charge in [0.05, 0.1) is 11.5 Å². The number of rotatable bonds is 6. The number of anilines is 3. The highest BCUT2D eigenvalue weighted by molar-refractivity contribution is 6.08. The van der Waals surface area contributed by atoms with Crippen LogP contribution in [0.15, 0.2) is 24.3 Å². The highest BCUT2D eigenvalue weighted by atomic mass is 19.1. The number of aliphatic carboxylic acids is 1. The van der Waals surface area contributed by atoms with Crippen LogP contribution >= 0.6 is 0 Å². The lowest BCUT2D eigenvalue weighted by molar-refractivity contribution is -0.145. The van der Waals surface area contributed by atoms with E-state index in [1.807, 2.05) is 0 Å². The number of nitrogens with one attached hydrogen (secondary N) is 4. The van der Waals surface area contributed by atoms with E-state index in [0.29, 0.717) is 6.21 Å². The molecule has 1 amide bonds. The van der Waals surface area contributed by atoms with E-state index in [4.69, 9.17) is 21.7 Å². The van der Waals surface area contributed by atoms with Crippen molar-refractivity contribution >= 4 is 41.0 Å². The summed E-state index contributed by atoms with van der Waals surface area (Å²) < 4.78 is 29.0. The minimum Gasteiger partial charge on any atom is -0.481 e. The van der Waals surface area contributed by atoms with Gasteiger partial charge in [0, 0.05) is 49.0 Å². The van der Waals surface area contributed by atoms with Crippen LogP contribution in [0.5, 0.6) is 0 Å². The summed E-state index contributed by atoms with van der Waals surface area (Å²) in [7, 11) is 1.43. The van der Waals surface area contributed by atoms with Crippen LogP contribution in [0, 0.1) is 28.4 Å². The Morgan fingerprint density at radius 2 is 1.97 bits per heavy atom. The van der Waals surface area contributed by atoms with Crippen molar-refractivity contribution in [3.63, 3.8) is 0 Å². The third-order valence-electron chi connectivity index (χ3n) is 5.01. The summed E-state index contributed by atoms with van der Waals surface area (Å²) in [5, 5.41) is 29.5. The minimum atomic E-state index is -1.18. The van der Waals surface area contributed by atoms with E-state index in [1.165, 1.54) is 30.1 Å². The SMILES string of the molecule is CNc1cc(F)c(C(=O)Nc2ccc(N)c(C(=N)N3CC(C(=O)O)C3)c2)c(F)c1C=N. The zero-order valence-corrected chi connectivity index (χ0v) is 16.4. The van der Waals surface area contributed by atoms with Crippen molar-refractivity contribution in [1.29, 1.82) is 10.8 Å². The third-order valence-corrected chi connectivity index (χ3v) is 5.01. The molecule has 162 valence electrons. The molecule has 0 atom stereocenters. The monoisotopic (exact) mass is 430 g/mol. The number of carboxylic acids is 1. The van der Waals surface area contributed by atoms with E-state index in [1.54, 1.807) is 0 Å². The average Bonchev–Trinajstić information content (AvgIpc) is 2.67. The Balaban J connectivity index is 1.85. The fourth-order valence-corrected chi connectivity index (χ4v) is 3.21. The van der Waals surface area contributed by atoms with Gasteiger partial charge in [0.25, 0.3) is 5.91 Å². The van der Waals surface area contributed by atoms with Crippen LogP contribution < -0.4 is 16.4 Å². The summed E-state index contributed by atoms with van der Waals surface area (Å²) in [4.78, 5) is 25.0. The Kier molecular flexibility index (Phi) is 5.86. The third kappa shape index (κ3) is 4.02. The van der Waals surface area contributed by atoms with Crippen molar-refractivity contribution in [1.82, 2.24) is 4.90 Å². The molecule has 0 bridgehead atoms. The Hall–Kier alpha value is -4.02. The van der Waals surface area contributed by atoms with E-state index >= 15 is 0 Å². The smallest absolute Gasteiger partial charge is 0.310 e. The molecule has 0 aliphatic carbocycles. The number of amides is 1. The Bertz CT molecular complexity index is 1100. The predicted molar refractivity (Wildman–Crippen MR) is 112 cm³/mol. The largest absolute Gasteiger partial charge is 0.481 e. The number of carbonyl (C=O) groups excluding carboxylic acids is 1. The summed E-state index contributed by atoms with van der Waals surface area (Å²) in [6.07, 6.45) is 0.678. The molecule has 1 aliphatic rings. The lowest BCUT2D eigenvalue weighted by atomic mass is 9.98. The standard InChI is InChI=1S/C20H20F2N6O3/c1-26-15-5-13(21)16(17(22)12(15)6-23)19(29)27-10-2-3-14(24)11(4-10)18(25)28-7-9(8-28)20(30)31/h2-6,9,23,25-26H,7-8,24H2,1H3,(H,27,29)(H,30,31). The number of nitrogens with two attached hydrogens (primary N) is 1. The highest BCUT2D eigenvalue weighted by Crippen LogP contribution is 2.27. The molecule has 1 fully saturated rings. The molecule has 3 rings (SSSR count). The van der Waals surface area contributed by atoms with Gasteiger partial charge in [-0.25, -0.2) is 8.78 Å². The topological polar surface area (TPSA) is 155 Å². The number of likely N-dealkylation sites (tertiary alicyclic amines) is 1. The second-order valence-corrected chi connectivity index (χ2v) is 6.95. The average molecular weight is 430 g/mol. The number of halogens is 2.